The minimum absolute atomic E-state index is 0. The Bertz CT molecular complexity index is 488. The van der Waals surface area contributed by atoms with E-state index < -0.39 is 6.61 Å². The van der Waals surface area contributed by atoms with Crippen LogP contribution in [0.2, 0.25) is 0 Å². The second-order valence-electron chi connectivity index (χ2n) is 4.11. The molecule has 1 aliphatic rings. The van der Waals surface area contributed by atoms with Crippen LogP contribution >= 0.6 is 39.9 Å². The predicted octanol–water partition coefficient (Wildman–Crippen LogP) is 3.06. The molecule has 0 saturated carbocycles. The summed E-state index contributed by atoms with van der Waals surface area (Å²) in [6, 6.07) is 4.94. The number of nitrogens with zero attached hydrogens (tertiary/aromatic N) is 2. The number of rotatable bonds is 4. The van der Waals surface area contributed by atoms with Crippen molar-refractivity contribution in [3.63, 3.8) is 0 Å². The number of likely N-dealkylation sites (N-methyl/N-ethyl adjacent to an activating group) is 1. The zero-order chi connectivity index (χ0) is 13.8. The van der Waals surface area contributed by atoms with Crippen molar-refractivity contribution in [2.45, 2.75) is 13.2 Å². The molecule has 0 aliphatic carbocycles. The molecule has 0 bridgehead atoms. The highest BCUT2D eigenvalue weighted by Gasteiger charge is 2.14. The maximum Gasteiger partial charge on any atom is 0.387 e. The first-order valence-electron chi connectivity index (χ1n) is 5.79. The van der Waals surface area contributed by atoms with Crippen molar-refractivity contribution in [3.05, 3.63) is 28.2 Å². The third kappa shape index (κ3) is 4.72. The average Bonchev–Trinajstić information content (AvgIpc) is 2.75. The van der Waals surface area contributed by atoms with E-state index in [9.17, 15) is 8.78 Å². The molecule has 0 spiro atoms. The van der Waals surface area contributed by atoms with E-state index in [1.807, 2.05) is 11.9 Å². The molecule has 0 atom stereocenters. The highest BCUT2D eigenvalue weighted by molar-refractivity contribution is 14.0. The van der Waals surface area contributed by atoms with E-state index in [1.165, 1.54) is 6.07 Å². The van der Waals surface area contributed by atoms with E-state index in [0.717, 1.165) is 23.5 Å². The number of hydrogen-bond acceptors (Lipinski definition) is 4. The molecule has 8 heteroatoms. The van der Waals surface area contributed by atoms with Gasteiger partial charge in [-0.2, -0.15) is 8.78 Å². The molecular formula is C12H15BrF2IN3O. The zero-order valence-corrected chi connectivity index (χ0v) is 14.7. The van der Waals surface area contributed by atoms with Gasteiger partial charge in [-0.25, -0.2) is 0 Å². The van der Waals surface area contributed by atoms with Crippen LogP contribution in [0.3, 0.4) is 0 Å². The first kappa shape index (κ1) is 17.4. The Morgan fingerprint density at radius 1 is 1.50 bits per heavy atom. The number of benzene rings is 1. The normalized spacial score (nSPS) is 14.1. The molecule has 1 aromatic carbocycles. The molecule has 0 radical (unpaired) electrons. The fourth-order valence-corrected chi connectivity index (χ4v) is 2.20. The maximum atomic E-state index is 12.3. The zero-order valence-electron chi connectivity index (χ0n) is 10.8. The SMILES string of the molecule is CN1CCN=C1NCc1cc(Br)ccc1OC(F)F.I. The summed E-state index contributed by atoms with van der Waals surface area (Å²) < 4.78 is 29.9. The van der Waals surface area contributed by atoms with E-state index in [4.69, 9.17) is 0 Å². The van der Waals surface area contributed by atoms with E-state index in [2.05, 4.69) is 31.0 Å². The molecule has 2 rings (SSSR count). The van der Waals surface area contributed by atoms with Gasteiger partial charge in [-0.1, -0.05) is 15.9 Å². The summed E-state index contributed by atoms with van der Waals surface area (Å²) in [5, 5.41) is 3.12. The quantitative estimate of drug-likeness (QED) is 0.700. The summed E-state index contributed by atoms with van der Waals surface area (Å²) in [5.74, 6) is 0.940. The first-order valence-corrected chi connectivity index (χ1v) is 6.58. The molecule has 20 heavy (non-hydrogen) atoms. The van der Waals surface area contributed by atoms with Crippen LogP contribution in [0.5, 0.6) is 5.75 Å². The Balaban J connectivity index is 0.00000200. The number of alkyl halides is 2. The van der Waals surface area contributed by atoms with Crippen LogP contribution in [0.4, 0.5) is 8.78 Å². The smallest absolute Gasteiger partial charge is 0.387 e. The number of nitrogens with one attached hydrogen (secondary N) is 1. The Morgan fingerprint density at radius 2 is 2.25 bits per heavy atom. The Labute approximate surface area is 141 Å². The van der Waals surface area contributed by atoms with Crippen LogP contribution in [0.1, 0.15) is 5.56 Å². The van der Waals surface area contributed by atoms with E-state index >= 15 is 0 Å². The summed E-state index contributed by atoms with van der Waals surface area (Å²) in [7, 11) is 1.93. The molecule has 0 saturated heterocycles. The largest absolute Gasteiger partial charge is 0.434 e. The van der Waals surface area contributed by atoms with Gasteiger partial charge in [0.2, 0.25) is 0 Å². The number of ether oxygens (including phenoxy) is 1. The standard InChI is InChI=1S/C12H14BrF2N3O.HI/c1-18-5-4-16-12(18)17-7-8-6-9(13)2-3-10(8)19-11(14)15;/h2-3,6,11H,4-5,7H2,1H3,(H,16,17);1H. The van der Waals surface area contributed by atoms with Crippen LogP contribution in [0, 0.1) is 0 Å². The van der Waals surface area contributed by atoms with Gasteiger partial charge >= 0.3 is 6.61 Å². The minimum Gasteiger partial charge on any atom is -0.434 e. The van der Waals surface area contributed by atoms with Crippen LogP contribution in [-0.2, 0) is 6.54 Å². The van der Waals surface area contributed by atoms with Crippen molar-refractivity contribution in [3.8, 4) is 5.75 Å². The third-order valence-corrected chi connectivity index (χ3v) is 3.23. The summed E-state index contributed by atoms with van der Waals surface area (Å²) >= 11 is 3.32. The lowest BCUT2D eigenvalue weighted by Gasteiger charge is -2.17. The van der Waals surface area contributed by atoms with Crippen molar-refractivity contribution in [1.82, 2.24) is 10.2 Å². The lowest BCUT2D eigenvalue weighted by atomic mass is 10.2. The summed E-state index contributed by atoms with van der Waals surface area (Å²) in [4.78, 5) is 6.25. The number of aliphatic imine (C=N–C) groups is 1. The van der Waals surface area contributed by atoms with Crippen LogP contribution in [-0.4, -0.2) is 37.6 Å². The molecule has 1 aliphatic heterocycles. The number of hydrogen-bond donors (Lipinski definition) is 1. The van der Waals surface area contributed by atoms with Crippen molar-refractivity contribution in [2.24, 2.45) is 4.99 Å². The fourth-order valence-electron chi connectivity index (χ4n) is 1.79. The summed E-state index contributed by atoms with van der Waals surface area (Å²) in [6.07, 6.45) is 0. The highest BCUT2D eigenvalue weighted by atomic mass is 127. The van der Waals surface area contributed by atoms with Crippen molar-refractivity contribution < 1.29 is 13.5 Å². The van der Waals surface area contributed by atoms with Gasteiger partial charge in [0.05, 0.1) is 6.54 Å². The second kappa shape index (κ2) is 7.96. The van der Waals surface area contributed by atoms with Crippen LogP contribution < -0.4 is 10.1 Å². The molecule has 1 N–H and O–H groups in total. The molecular weight excluding hydrogens is 447 g/mol. The Hall–Kier alpha value is -0.640. The van der Waals surface area contributed by atoms with E-state index in [-0.39, 0.29) is 29.7 Å². The second-order valence-corrected chi connectivity index (χ2v) is 5.03. The number of guanidine groups is 1. The number of halogens is 4. The van der Waals surface area contributed by atoms with E-state index in [1.54, 1.807) is 12.1 Å². The van der Waals surface area contributed by atoms with Gasteiger partial charge < -0.3 is 15.0 Å². The Kier molecular flexibility index (Phi) is 6.93. The van der Waals surface area contributed by atoms with Gasteiger partial charge in [0.1, 0.15) is 5.75 Å². The minimum atomic E-state index is -2.83. The van der Waals surface area contributed by atoms with Gasteiger partial charge in [0.15, 0.2) is 5.96 Å². The fraction of sp³-hybridized carbons (Fsp3) is 0.417. The lowest BCUT2D eigenvalue weighted by Crippen LogP contribution is -2.35. The maximum absolute atomic E-state index is 12.3. The van der Waals surface area contributed by atoms with Crippen LogP contribution in [0.25, 0.3) is 0 Å². The molecule has 0 amide bonds. The highest BCUT2D eigenvalue weighted by Crippen LogP contribution is 2.24. The van der Waals surface area contributed by atoms with Crippen molar-refractivity contribution in [2.75, 3.05) is 20.1 Å². The summed E-state index contributed by atoms with van der Waals surface area (Å²) in [6.45, 7) is -0.838. The topological polar surface area (TPSA) is 36.9 Å². The molecule has 4 nitrogen and oxygen atoms in total. The first-order chi connectivity index (χ1) is 9.06. The lowest BCUT2D eigenvalue weighted by molar-refractivity contribution is -0.0504. The molecule has 1 heterocycles. The van der Waals surface area contributed by atoms with Gasteiger partial charge in [0, 0.05) is 30.2 Å². The van der Waals surface area contributed by atoms with Crippen molar-refractivity contribution in [1.29, 1.82) is 0 Å². The third-order valence-electron chi connectivity index (χ3n) is 2.73. The van der Waals surface area contributed by atoms with E-state index in [0.29, 0.717) is 12.1 Å². The predicted molar refractivity (Wildman–Crippen MR) is 88.0 cm³/mol. The van der Waals surface area contributed by atoms with Gasteiger partial charge in [-0.15, -0.1) is 24.0 Å². The van der Waals surface area contributed by atoms with Gasteiger partial charge in [0.25, 0.3) is 0 Å². The van der Waals surface area contributed by atoms with Crippen molar-refractivity contribution >= 4 is 45.9 Å². The molecule has 1 aromatic rings. The van der Waals surface area contributed by atoms with Gasteiger partial charge in [-0.05, 0) is 18.2 Å². The average molecular weight is 462 g/mol. The van der Waals surface area contributed by atoms with Crippen LogP contribution in [0.15, 0.2) is 27.7 Å². The summed E-state index contributed by atoms with van der Waals surface area (Å²) in [5.41, 5.74) is 0.651. The molecule has 0 fully saturated rings. The van der Waals surface area contributed by atoms with Gasteiger partial charge in [-0.3, -0.25) is 4.99 Å². The molecule has 0 unspecified atom stereocenters. The Morgan fingerprint density at radius 3 is 2.85 bits per heavy atom. The molecule has 0 aromatic heterocycles. The molecule has 112 valence electrons. The monoisotopic (exact) mass is 461 g/mol.